The molecule has 0 spiro atoms. The van der Waals surface area contributed by atoms with Crippen LogP contribution in [0.2, 0.25) is 0 Å². The molecule has 3 N–H and O–H groups in total. The quantitative estimate of drug-likeness (QED) is 0.629. The maximum absolute atomic E-state index is 12.6. The van der Waals surface area contributed by atoms with E-state index in [0.717, 1.165) is 32.1 Å². The van der Waals surface area contributed by atoms with Gasteiger partial charge in [-0.1, -0.05) is 19.8 Å². The van der Waals surface area contributed by atoms with Crippen molar-refractivity contribution in [2.75, 3.05) is 13.1 Å². The molecule has 1 aliphatic carbocycles. The van der Waals surface area contributed by atoms with Crippen molar-refractivity contribution in [3.63, 3.8) is 0 Å². The first kappa shape index (κ1) is 15.8. The van der Waals surface area contributed by atoms with Gasteiger partial charge in [0, 0.05) is 0 Å². The van der Waals surface area contributed by atoms with Crippen molar-refractivity contribution in [2.24, 2.45) is 11.7 Å². The van der Waals surface area contributed by atoms with Crippen LogP contribution in [-0.2, 0) is 0 Å². The average molecular weight is 266 g/mol. The molecule has 0 aromatic heterocycles. The van der Waals surface area contributed by atoms with Crippen LogP contribution in [-0.4, -0.2) is 24.8 Å². The van der Waals surface area contributed by atoms with Crippen molar-refractivity contribution in [2.45, 2.75) is 63.6 Å². The molecule has 1 atom stereocenters. The highest BCUT2D eigenvalue weighted by Gasteiger charge is 2.62. The zero-order valence-corrected chi connectivity index (χ0v) is 11.2. The van der Waals surface area contributed by atoms with E-state index >= 15 is 0 Å². The Morgan fingerprint density at radius 2 is 1.89 bits per heavy atom. The lowest BCUT2D eigenvalue weighted by Crippen LogP contribution is -2.45. The van der Waals surface area contributed by atoms with Crippen LogP contribution in [0.5, 0.6) is 0 Å². The zero-order valence-electron chi connectivity index (χ0n) is 11.2. The zero-order chi connectivity index (χ0) is 13.6. The van der Waals surface area contributed by atoms with E-state index in [-0.39, 0.29) is 12.8 Å². The summed E-state index contributed by atoms with van der Waals surface area (Å²) in [7, 11) is 0. The summed E-state index contributed by atoms with van der Waals surface area (Å²) < 4.78 is 37.9. The van der Waals surface area contributed by atoms with Crippen LogP contribution in [0.15, 0.2) is 0 Å². The molecule has 1 unspecified atom stereocenters. The minimum Gasteiger partial charge on any atom is -0.330 e. The maximum Gasteiger partial charge on any atom is 0.406 e. The second kappa shape index (κ2) is 6.75. The Labute approximate surface area is 107 Å². The molecule has 1 saturated carbocycles. The molecule has 0 aromatic rings. The summed E-state index contributed by atoms with van der Waals surface area (Å²) >= 11 is 0. The topological polar surface area (TPSA) is 38.0 Å². The molecule has 1 fully saturated rings. The molecular formula is C13H25F3N2. The number of hydrogen-bond acceptors (Lipinski definition) is 2. The van der Waals surface area contributed by atoms with Gasteiger partial charge in [-0.15, -0.1) is 0 Å². The Morgan fingerprint density at radius 3 is 2.33 bits per heavy atom. The second-order valence-electron chi connectivity index (χ2n) is 5.38. The molecule has 0 heterocycles. The third-order valence-corrected chi connectivity index (χ3v) is 3.82. The first-order valence-corrected chi connectivity index (χ1v) is 6.97. The van der Waals surface area contributed by atoms with Gasteiger partial charge in [0.05, 0.1) is 0 Å². The monoisotopic (exact) mass is 266 g/mol. The molecular weight excluding hydrogens is 241 g/mol. The summed E-state index contributed by atoms with van der Waals surface area (Å²) in [6.45, 7) is 3.26. The van der Waals surface area contributed by atoms with Crippen LogP contribution in [0.1, 0.15) is 51.9 Å². The first-order chi connectivity index (χ1) is 8.45. The van der Waals surface area contributed by atoms with Gasteiger partial charge in [0.2, 0.25) is 0 Å². The van der Waals surface area contributed by atoms with Crippen LogP contribution < -0.4 is 11.1 Å². The second-order valence-corrected chi connectivity index (χ2v) is 5.38. The molecule has 1 rings (SSSR count). The molecule has 0 aliphatic heterocycles. The Hall–Kier alpha value is -0.290. The normalized spacial score (nSPS) is 19.8. The van der Waals surface area contributed by atoms with Crippen LogP contribution in [0.25, 0.3) is 0 Å². The van der Waals surface area contributed by atoms with Gasteiger partial charge in [0.1, 0.15) is 5.54 Å². The minimum atomic E-state index is -4.09. The molecule has 0 amide bonds. The van der Waals surface area contributed by atoms with Crippen LogP contribution in [0.3, 0.4) is 0 Å². The number of alkyl halides is 3. The lowest BCUT2D eigenvalue weighted by molar-refractivity contribution is -0.165. The Balaban J connectivity index is 2.18. The van der Waals surface area contributed by atoms with E-state index in [1.807, 2.05) is 0 Å². The van der Waals surface area contributed by atoms with Gasteiger partial charge in [0.25, 0.3) is 0 Å². The van der Waals surface area contributed by atoms with E-state index in [1.54, 1.807) is 0 Å². The standard InChI is InChI=1S/C13H25F3N2/c1-2-4-11(6-9-17)5-3-10-18-12(7-8-12)13(14,15)16/h11,18H,2-10,17H2,1H3. The molecule has 0 bridgehead atoms. The van der Waals surface area contributed by atoms with Crippen molar-refractivity contribution in [3.8, 4) is 0 Å². The van der Waals surface area contributed by atoms with Gasteiger partial charge in [-0.2, -0.15) is 13.2 Å². The van der Waals surface area contributed by atoms with Crippen LogP contribution >= 0.6 is 0 Å². The highest BCUT2D eigenvalue weighted by Crippen LogP contribution is 2.48. The van der Waals surface area contributed by atoms with Gasteiger partial charge in [0.15, 0.2) is 0 Å². The van der Waals surface area contributed by atoms with Gasteiger partial charge >= 0.3 is 6.18 Å². The fourth-order valence-electron chi connectivity index (χ4n) is 2.48. The molecule has 0 saturated heterocycles. The van der Waals surface area contributed by atoms with E-state index in [2.05, 4.69) is 12.2 Å². The molecule has 0 aromatic carbocycles. The number of hydrogen-bond donors (Lipinski definition) is 2. The van der Waals surface area contributed by atoms with Gasteiger partial charge in [-0.05, 0) is 51.1 Å². The van der Waals surface area contributed by atoms with E-state index in [9.17, 15) is 13.2 Å². The van der Waals surface area contributed by atoms with Crippen molar-refractivity contribution >= 4 is 0 Å². The molecule has 1 aliphatic rings. The van der Waals surface area contributed by atoms with Crippen molar-refractivity contribution < 1.29 is 13.2 Å². The lowest BCUT2D eigenvalue weighted by atomic mass is 9.94. The first-order valence-electron chi connectivity index (χ1n) is 6.97. The van der Waals surface area contributed by atoms with Crippen LogP contribution in [0.4, 0.5) is 13.2 Å². The van der Waals surface area contributed by atoms with Crippen LogP contribution in [0, 0.1) is 5.92 Å². The van der Waals surface area contributed by atoms with E-state index < -0.39 is 11.7 Å². The number of nitrogens with two attached hydrogens (primary N) is 1. The third kappa shape index (κ3) is 4.43. The summed E-state index contributed by atoms with van der Waals surface area (Å²) in [5.41, 5.74) is 3.98. The molecule has 0 radical (unpaired) electrons. The summed E-state index contributed by atoms with van der Waals surface area (Å²) in [6.07, 6.45) is 1.39. The number of halogens is 3. The summed E-state index contributed by atoms with van der Waals surface area (Å²) in [5.74, 6) is 0.572. The fourth-order valence-corrected chi connectivity index (χ4v) is 2.48. The SMILES string of the molecule is CCCC(CCN)CCCNC1(C(F)(F)F)CC1. The Kier molecular flexibility index (Phi) is 5.92. The largest absolute Gasteiger partial charge is 0.406 e. The van der Waals surface area contributed by atoms with Crippen molar-refractivity contribution in [1.29, 1.82) is 0 Å². The Morgan fingerprint density at radius 1 is 1.22 bits per heavy atom. The molecule has 18 heavy (non-hydrogen) atoms. The summed E-state index contributed by atoms with van der Waals surface area (Å²) in [5, 5.41) is 2.69. The average Bonchev–Trinajstić information content (AvgIpc) is 3.05. The predicted octanol–water partition coefficient (Wildman–Crippen LogP) is 3.22. The van der Waals surface area contributed by atoms with Crippen molar-refractivity contribution in [3.05, 3.63) is 0 Å². The molecule has 2 nitrogen and oxygen atoms in total. The highest BCUT2D eigenvalue weighted by atomic mass is 19.4. The number of rotatable bonds is 9. The predicted molar refractivity (Wildman–Crippen MR) is 67.3 cm³/mol. The van der Waals surface area contributed by atoms with E-state index in [4.69, 9.17) is 5.73 Å². The summed E-state index contributed by atoms with van der Waals surface area (Å²) in [4.78, 5) is 0. The smallest absolute Gasteiger partial charge is 0.330 e. The Bertz CT molecular complexity index is 231. The molecule has 108 valence electrons. The third-order valence-electron chi connectivity index (χ3n) is 3.82. The summed E-state index contributed by atoms with van der Waals surface area (Å²) in [6, 6.07) is 0. The van der Waals surface area contributed by atoms with Gasteiger partial charge in [-0.25, -0.2) is 0 Å². The number of nitrogens with one attached hydrogen (secondary N) is 1. The fraction of sp³-hybridized carbons (Fsp3) is 1.00. The lowest BCUT2D eigenvalue weighted by Gasteiger charge is -2.21. The highest BCUT2D eigenvalue weighted by molar-refractivity contribution is 5.07. The minimum absolute atomic E-state index is 0.234. The molecule has 5 heteroatoms. The van der Waals surface area contributed by atoms with E-state index in [1.165, 1.54) is 0 Å². The van der Waals surface area contributed by atoms with E-state index in [0.29, 0.717) is 19.0 Å². The maximum atomic E-state index is 12.6. The van der Waals surface area contributed by atoms with Gasteiger partial charge < -0.3 is 11.1 Å². The van der Waals surface area contributed by atoms with Gasteiger partial charge in [-0.3, -0.25) is 0 Å². The van der Waals surface area contributed by atoms with Crippen molar-refractivity contribution in [1.82, 2.24) is 5.32 Å².